The lowest BCUT2D eigenvalue weighted by atomic mass is 10.2. The third kappa shape index (κ3) is 5.63. The largest absolute Gasteiger partial charge is 0.379 e. The SMILES string of the molecule is O=C(NCCCN1CCOCC1)c1ccnc(-n2ncc3cc(Nc4c(Cl)cccc4Cl)ccc32)c1. The Morgan fingerprint density at radius 2 is 1.86 bits per heavy atom. The minimum Gasteiger partial charge on any atom is -0.379 e. The first-order chi connectivity index (χ1) is 17.6. The second-order valence-electron chi connectivity index (χ2n) is 8.52. The van der Waals surface area contributed by atoms with Crippen LogP contribution in [0.2, 0.25) is 10.0 Å². The van der Waals surface area contributed by atoms with Crippen molar-refractivity contribution in [3.8, 4) is 5.82 Å². The van der Waals surface area contributed by atoms with Crippen molar-refractivity contribution in [3.05, 3.63) is 76.5 Å². The average Bonchev–Trinajstić information content (AvgIpc) is 3.33. The molecule has 0 saturated carbocycles. The summed E-state index contributed by atoms with van der Waals surface area (Å²) in [5.41, 5.74) is 2.89. The maximum atomic E-state index is 12.7. The van der Waals surface area contributed by atoms with Gasteiger partial charge in [0.1, 0.15) is 0 Å². The van der Waals surface area contributed by atoms with Gasteiger partial charge in [0.2, 0.25) is 0 Å². The highest BCUT2D eigenvalue weighted by atomic mass is 35.5. The van der Waals surface area contributed by atoms with Crippen LogP contribution >= 0.6 is 23.2 Å². The molecule has 8 nitrogen and oxygen atoms in total. The van der Waals surface area contributed by atoms with Crippen molar-refractivity contribution in [2.45, 2.75) is 6.42 Å². The number of nitrogens with one attached hydrogen (secondary N) is 2. The van der Waals surface area contributed by atoms with Crippen molar-refractivity contribution in [1.82, 2.24) is 25.0 Å². The number of para-hydroxylation sites is 1. The first kappa shape index (κ1) is 24.5. The van der Waals surface area contributed by atoms with Crippen molar-refractivity contribution in [1.29, 1.82) is 0 Å². The number of hydrogen-bond donors (Lipinski definition) is 2. The highest BCUT2D eigenvalue weighted by Crippen LogP contribution is 2.33. The number of rotatable bonds is 8. The number of ether oxygens (including phenoxy) is 1. The molecular weight excluding hydrogens is 499 g/mol. The zero-order valence-corrected chi connectivity index (χ0v) is 21.1. The van der Waals surface area contributed by atoms with E-state index >= 15 is 0 Å². The van der Waals surface area contributed by atoms with Crippen LogP contribution in [0.15, 0.2) is 60.9 Å². The summed E-state index contributed by atoms with van der Waals surface area (Å²) < 4.78 is 7.09. The molecule has 4 aromatic rings. The van der Waals surface area contributed by atoms with E-state index in [2.05, 4.69) is 25.6 Å². The molecule has 36 heavy (non-hydrogen) atoms. The summed E-state index contributed by atoms with van der Waals surface area (Å²) in [5, 5.41) is 12.8. The van der Waals surface area contributed by atoms with E-state index in [0.717, 1.165) is 55.9 Å². The van der Waals surface area contributed by atoms with Gasteiger partial charge in [-0.05, 0) is 55.4 Å². The van der Waals surface area contributed by atoms with E-state index in [9.17, 15) is 4.79 Å². The number of benzene rings is 2. The van der Waals surface area contributed by atoms with Crippen LogP contribution in [0.1, 0.15) is 16.8 Å². The molecule has 1 saturated heterocycles. The van der Waals surface area contributed by atoms with Gasteiger partial charge in [0.25, 0.3) is 5.91 Å². The lowest BCUT2D eigenvalue weighted by Gasteiger charge is -2.26. The van der Waals surface area contributed by atoms with Crippen LogP contribution < -0.4 is 10.6 Å². The Bertz CT molecular complexity index is 1350. The molecule has 2 aromatic heterocycles. The van der Waals surface area contributed by atoms with Gasteiger partial charge in [-0.15, -0.1) is 0 Å². The average molecular weight is 525 g/mol. The number of morpholine rings is 1. The fraction of sp³-hybridized carbons (Fsp3) is 0.269. The van der Waals surface area contributed by atoms with E-state index in [1.165, 1.54) is 0 Å². The summed E-state index contributed by atoms with van der Waals surface area (Å²) >= 11 is 12.6. The Labute approximate surface area is 219 Å². The van der Waals surface area contributed by atoms with E-state index in [-0.39, 0.29) is 5.91 Å². The van der Waals surface area contributed by atoms with Crippen LogP contribution in [0.25, 0.3) is 16.7 Å². The number of fused-ring (bicyclic) bond motifs is 1. The number of pyridine rings is 1. The summed E-state index contributed by atoms with van der Waals surface area (Å²) in [4.78, 5) is 19.5. The number of anilines is 2. The Hall–Kier alpha value is -3.17. The smallest absolute Gasteiger partial charge is 0.251 e. The number of hydrogen-bond acceptors (Lipinski definition) is 6. The highest BCUT2D eigenvalue weighted by molar-refractivity contribution is 6.39. The maximum Gasteiger partial charge on any atom is 0.251 e. The predicted molar refractivity (Wildman–Crippen MR) is 143 cm³/mol. The Morgan fingerprint density at radius 1 is 1.06 bits per heavy atom. The van der Waals surface area contributed by atoms with E-state index in [4.69, 9.17) is 27.9 Å². The van der Waals surface area contributed by atoms with Crippen molar-refractivity contribution >= 4 is 51.4 Å². The normalized spacial score (nSPS) is 14.2. The topological polar surface area (TPSA) is 84.3 Å². The molecule has 2 N–H and O–H groups in total. The molecule has 1 fully saturated rings. The van der Waals surface area contributed by atoms with Crippen LogP contribution in [0, 0.1) is 0 Å². The Kier molecular flexibility index (Phi) is 7.67. The van der Waals surface area contributed by atoms with Gasteiger partial charge in [-0.1, -0.05) is 29.3 Å². The number of amides is 1. The molecular formula is C26H26Cl2N6O2. The van der Waals surface area contributed by atoms with E-state index < -0.39 is 0 Å². The van der Waals surface area contributed by atoms with Gasteiger partial charge in [0.05, 0.1) is 40.7 Å². The van der Waals surface area contributed by atoms with Crippen molar-refractivity contribution in [3.63, 3.8) is 0 Å². The summed E-state index contributed by atoms with van der Waals surface area (Å²) in [6.07, 6.45) is 4.28. The second kappa shape index (κ2) is 11.3. The van der Waals surface area contributed by atoms with Crippen LogP contribution in [0.5, 0.6) is 0 Å². The molecule has 0 radical (unpaired) electrons. The predicted octanol–water partition coefficient (Wildman–Crippen LogP) is 4.92. The summed E-state index contributed by atoms with van der Waals surface area (Å²) in [5.74, 6) is 0.445. The Balaban J connectivity index is 1.26. The lowest BCUT2D eigenvalue weighted by Crippen LogP contribution is -2.38. The molecule has 5 rings (SSSR count). The highest BCUT2D eigenvalue weighted by Gasteiger charge is 2.13. The molecule has 0 atom stereocenters. The quantitative estimate of drug-likeness (QED) is 0.318. The molecule has 1 aliphatic rings. The minimum absolute atomic E-state index is 0.125. The molecule has 0 spiro atoms. The van der Waals surface area contributed by atoms with Crippen LogP contribution in [-0.4, -0.2) is 65.0 Å². The van der Waals surface area contributed by atoms with Gasteiger partial charge in [-0.3, -0.25) is 9.69 Å². The monoisotopic (exact) mass is 524 g/mol. The molecule has 10 heteroatoms. The molecule has 0 bridgehead atoms. The van der Waals surface area contributed by atoms with Gasteiger partial charge in [0, 0.05) is 42.5 Å². The zero-order valence-electron chi connectivity index (χ0n) is 19.6. The number of halogens is 2. The molecule has 3 heterocycles. The Morgan fingerprint density at radius 3 is 2.67 bits per heavy atom. The van der Waals surface area contributed by atoms with Gasteiger partial charge in [-0.25, -0.2) is 9.67 Å². The van der Waals surface area contributed by atoms with Gasteiger partial charge >= 0.3 is 0 Å². The molecule has 0 unspecified atom stereocenters. The van der Waals surface area contributed by atoms with Gasteiger partial charge in [-0.2, -0.15) is 5.10 Å². The van der Waals surface area contributed by atoms with Crippen LogP contribution in [-0.2, 0) is 4.74 Å². The molecule has 1 aliphatic heterocycles. The second-order valence-corrected chi connectivity index (χ2v) is 9.33. The van der Waals surface area contributed by atoms with Gasteiger partial charge in [0.15, 0.2) is 5.82 Å². The first-order valence-electron chi connectivity index (χ1n) is 11.8. The number of nitrogens with zero attached hydrogens (tertiary/aromatic N) is 4. The summed E-state index contributed by atoms with van der Waals surface area (Å²) in [7, 11) is 0. The van der Waals surface area contributed by atoms with Crippen molar-refractivity contribution in [2.24, 2.45) is 0 Å². The number of carbonyl (C=O) groups excluding carboxylic acids is 1. The van der Waals surface area contributed by atoms with Crippen molar-refractivity contribution < 1.29 is 9.53 Å². The zero-order chi connectivity index (χ0) is 24.9. The fourth-order valence-electron chi connectivity index (χ4n) is 4.16. The minimum atomic E-state index is -0.125. The third-order valence-electron chi connectivity index (χ3n) is 6.07. The standard InChI is InChI=1S/C26H26Cl2N6O2/c27-21-3-1-4-22(28)25(21)32-20-5-6-23-19(15-20)17-31-34(23)24-16-18(7-9-29-24)26(35)30-8-2-10-33-11-13-36-14-12-33/h1,3-7,9,15-17,32H,2,8,10-14H2,(H,30,35). The molecule has 186 valence electrons. The fourth-order valence-corrected chi connectivity index (χ4v) is 4.65. The third-order valence-corrected chi connectivity index (χ3v) is 6.70. The van der Waals surface area contributed by atoms with Crippen molar-refractivity contribution in [2.75, 3.05) is 44.7 Å². The van der Waals surface area contributed by atoms with Crippen LogP contribution in [0.3, 0.4) is 0 Å². The first-order valence-corrected chi connectivity index (χ1v) is 12.6. The molecule has 0 aliphatic carbocycles. The number of aromatic nitrogens is 3. The number of carbonyl (C=O) groups is 1. The van der Waals surface area contributed by atoms with Gasteiger partial charge < -0.3 is 15.4 Å². The van der Waals surface area contributed by atoms with Crippen LogP contribution in [0.4, 0.5) is 11.4 Å². The lowest BCUT2D eigenvalue weighted by molar-refractivity contribution is 0.0374. The summed E-state index contributed by atoms with van der Waals surface area (Å²) in [6.45, 7) is 5.02. The maximum absolute atomic E-state index is 12.7. The molecule has 2 aromatic carbocycles. The van der Waals surface area contributed by atoms with E-state index in [1.54, 1.807) is 47.4 Å². The summed E-state index contributed by atoms with van der Waals surface area (Å²) in [6, 6.07) is 14.7. The molecule has 1 amide bonds. The van der Waals surface area contributed by atoms with E-state index in [1.807, 2.05) is 18.2 Å². The van der Waals surface area contributed by atoms with E-state index in [0.29, 0.717) is 33.7 Å².